The molecule has 3 heterocycles. The molecule has 24 heavy (non-hydrogen) atoms. The van der Waals surface area contributed by atoms with Crippen LogP contribution in [0.2, 0.25) is 0 Å². The van der Waals surface area contributed by atoms with Crippen LogP contribution in [0.4, 0.5) is 0 Å². The Morgan fingerprint density at radius 2 is 2.08 bits per heavy atom. The van der Waals surface area contributed by atoms with Gasteiger partial charge in [0.05, 0.1) is 25.8 Å². The molecule has 1 atom stereocenters. The molecule has 126 valence electrons. The highest BCUT2D eigenvalue weighted by Crippen LogP contribution is 2.31. The van der Waals surface area contributed by atoms with E-state index in [9.17, 15) is 4.79 Å². The SMILES string of the molecule is O=C(c1ccc2c(c1)OCCCO2)N1CCC[C@H]1Cn1cccn1. The second-order valence-corrected chi connectivity index (χ2v) is 6.23. The van der Waals surface area contributed by atoms with Crippen LogP contribution in [0.15, 0.2) is 36.7 Å². The number of carbonyl (C=O) groups excluding carboxylic acids is 1. The van der Waals surface area contributed by atoms with Gasteiger partial charge in [-0.25, -0.2) is 0 Å². The maximum absolute atomic E-state index is 13.0. The van der Waals surface area contributed by atoms with Crippen LogP contribution in [0.3, 0.4) is 0 Å². The van der Waals surface area contributed by atoms with Gasteiger partial charge in [-0.1, -0.05) is 0 Å². The summed E-state index contributed by atoms with van der Waals surface area (Å²) in [5, 5.41) is 4.26. The van der Waals surface area contributed by atoms with Crippen LogP contribution in [-0.4, -0.2) is 46.4 Å². The summed E-state index contributed by atoms with van der Waals surface area (Å²) in [5.74, 6) is 1.44. The van der Waals surface area contributed by atoms with E-state index in [1.54, 1.807) is 6.20 Å². The number of amides is 1. The molecule has 0 N–H and O–H groups in total. The van der Waals surface area contributed by atoms with Gasteiger partial charge in [-0.3, -0.25) is 9.48 Å². The van der Waals surface area contributed by atoms with Crippen molar-refractivity contribution in [2.24, 2.45) is 0 Å². The normalized spacial score (nSPS) is 20.0. The summed E-state index contributed by atoms with van der Waals surface area (Å²) in [7, 11) is 0. The number of aromatic nitrogens is 2. The third-order valence-electron chi connectivity index (χ3n) is 4.59. The average Bonchev–Trinajstić information content (AvgIpc) is 3.22. The third-order valence-corrected chi connectivity index (χ3v) is 4.59. The minimum Gasteiger partial charge on any atom is -0.490 e. The fraction of sp³-hybridized carbons (Fsp3) is 0.444. The monoisotopic (exact) mass is 327 g/mol. The van der Waals surface area contributed by atoms with Crippen molar-refractivity contribution >= 4 is 5.91 Å². The van der Waals surface area contributed by atoms with E-state index in [4.69, 9.17) is 9.47 Å². The molecule has 1 aromatic heterocycles. The average molecular weight is 327 g/mol. The van der Waals surface area contributed by atoms with Gasteiger partial charge in [0.2, 0.25) is 0 Å². The molecule has 6 nitrogen and oxygen atoms in total. The van der Waals surface area contributed by atoms with Gasteiger partial charge < -0.3 is 14.4 Å². The smallest absolute Gasteiger partial charge is 0.254 e. The van der Waals surface area contributed by atoms with Gasteiger partial charge in [0, 0.05) is 30.9 Å². The first kappa shape index (κ1) is 15.1. The van der Waals surface area contributed by atoms with E-state index < -0.39 is 0 Å². The molecule has 2 aliphatic rings. The fourth-order valence-electron chi connectivity index (χ4n) is 3.38. The van der Waals surface area contributed by atoms with Crippen molar-refractivity contribution in [1.82, 2.24) is 14.7 Å². The lowest BCUT2D eigenvalue weighted by atomic mass is 10.1. The molecule has 1 amide bonds. The molecule has 1 saturated heterocycles. The molecule has 1 aromatic carbocycles. The van der Waals surface area contributed by atoms with Crippen molar-refractivity contribution in [1.29, 1.82) is 0 Å². The van der Waals surface area contributed by atoms with E-state index in [0.29, 0.717) is 24.5 Å². The van der Waals surface area contributed by atoms with Crippen LogP contribution in [0, 0.1) is 0 Å². The lowest BCUT2D eigenvalue weighted by molar-refractivity contribution is 0.0721. The largest absolute Gasteiger partial charge is 0.490 e. The summed E-state index contributed by atoms with van der Waals surface area (Å²) in [4.78, 5) is 14.9. The quantitative estimate of drug-likeness (QED) is 0.868. The second kappa shape index (κ2) is 6.55. The summed E-state index contributed by atoms with van der Waals surface area (Å²) in [6, 6.07) is 7.58. The third kappa shape index (κ3) is 2.96. The maximum atomic E-state index is 13.0. The van der Waals surface area contributed by atoms with Gasteiger partial charge in [0.15, 0.2) is 11.5 Å². The molecule has 0 bridgehead atoms. The second-order valence-electron chi connectivity index (χ2n) is 6.23. The molecule has 0 radical (unpaired) electrons. The highest BCUT2D eigenvalue weighted by Gasteiger charge is 2.30. The summed E-state index contributed by atoms with van der Waals surface area (Å²) in [6.45, 7) is 2.80. The Kier molecular flexibility index (Phi) is 4.11. The Morgan fingerprint density at radius 1 is 1.21 bits per heavy atom. The first-order chi connectivity index (χ1) is 11.8. The summed E-state index contributed by atoms with van der Waals surface area (Å²) in [5.41, 5.74) is 0.659. The van der Waals surface area contributed by atoms with Crippen molar-refractivity contribution in [3.05, 3.63) is 42.2 Å². The molecule has 4 rings (SSSR count). The fourth-order valence-corrected chi connectivity index (χ4v) is 3.38. The molecule has 0 saturated carbocycles. The number of benzene rings is 1. The molecule has 1 fully saturated rings. The Hall–Kier alpha value is -2.50. The minimum absolute atomic E-state index is 0.0558. The van der Waals surface area contributed by atoms with Crippen LogP contribution in [-0.2, 0) is 6.54 Å². The van der Waals surface area contributed by atoms with E-state index in [1.165, 1.54) is 0 Å². The van der Waals surface area contributed by atoms with Crippen LogP contribution in [0.5, 0.6) is 11.5 Å². The van der Waals surface area contributed by atoms with Crippen LogP contribution in [0.25, 0.3) is 0 Å². The molecule has 0 unspecified atom stereocenters. The van der Waals surface area contributed by atoms with Gasteiger partial charge >= 0.3 is 0 Å². The Labute approximate surface area is 141 Å². The van der Waals surface area contributed by atoms with Crippen LogP contribution >= 0.6 is 0 Å². The van der Waals surface area contributed by atoms with Gasteiger partial charge in [-0.2, -0.15) is 5.10 Å². The predicted octanol–water partition coefficient (Wildman–Crippen LogP) is 2.35. The number of carbonyl (C=O) groups is 1. The minimum atomic E-state index is 0.0558. The summed E-state index contributed by atoms with van der Waals surface area (Å²) < 4.78 is 13.2. The van der Waals surface area contributed by atoms with Crippen molar-refractivity contribution in [2.75, 3.05) is 19.8 Å². The first-order valence-corrected chi connectivity index (χ1v) is 8.49. The Morgan fingerprint density at radius 3 is 2.92 bits per heavy atom. The molecule has 0 spiro atoms. The predicted molar refractivity (Wildman–Crippen MR) is 88.3 cm³/mol. The van der Waals surface area contributed by atoms with Gasteiger partial charge in [0.1, 0.15) is 0 Å². The Balaban J connectivity index is 1.53. The molecule has 2 aliphatic heterocycles. The van der Waals surface area contributed by atoms with Crippen LogP contribution < -0.4 is 9.47 Å². The Bertz CT molecular complexity index is 714. The lowest BCUT2D eigenvalue weighted by Gasteiger charge is -2.25. The van der Waals surface area contributed by atoms with E-state index in [1.807, 2.05) is 40.0 Å². The number of rotatable bonds is 3. The van der Waals surface area contributed by atoms with Crippen molar-refractivity contribution in [2.45, 2.75) is 31.8 Å². The van der Waals surface area contributed by atoms with Gasteiger partial charge in [0.25, 0.3) is 5.91 Å². The summed E-state index contributed by atoms with van der Waals surface area (Å²) >= 11 is 0. The van der Waals surface area contributed by atoms with Crippen LogP contribution in [0.1, 0.15) is 29.6 Å². The van der Waals surface area contributed by atoms with Crippen molar-refractivity contribution < 1.29 is 14.3 Å². The number of hydrogen-bond donors (Lipinski definition) is 0. The first-order valence-electron chi connectivity index (χ1n) is 8.49. The number of fused-ring (bicyclic) bond motifs is 1. The zero-order valence-electron chi connectivity index (χ0n) is 13.6. The van der Waals surface area contributed by atoms with E-state index >= 15 is 0 Å². The van der Waals surface area contributed by atoms with Gasteiger partial charge in [-0.15, -0.1) is 0 Å². The molecular weight excluding hydrogens is 306 g/mol. The highest BCUT2D eigenvalue weighted by atomic mass is 16.5. The zero-order valence-corrected chi connectivity index (χ0v) is 13.6. The lowest BCUT2D eigenvalue weighted by Crippen LogP contribution is -2.38. The van der Waals surface area contributed by atoms with E-state index in [-0.39, 0.29) is 11.9 Å². The van der Waals surface area contributed by atoms with E-state index in [2.05, 4.69) is 5.10 Å². The van der Waals surface area contributed by atoms with Gasteiger partial charge in [-0.05, 0) is 37.1 Å². The highest BCUT2D eigenvalue weighted by molar-refractivity contribution is 5.95. The van der Waals surface area contributed by atoms with Crippen molar-refractivity contribution in [3.8, 4) is 11.5 Å². The van der Waals surface area contributed by atoms with E-state index in [0.717, 1.165) is 38.1 Å². The molecule has 6 heteroatoms. The topological polar surface area (TPSA) is 56.6 Å². The molecular formula is C18H21N3O3. The molecule has 2 aromatic rings. The standard InChI is InChI=1S/C18H21N3O3/c22-18(14-5-6-16-17(12-14)24-11-3-10-23-16)21-9-1-4-15(21)13-20-8-2-7-19-20/h2,5-8,12,15H,1,3-4,9-11,13H2/t15-/m0/s1. The summed E-state index contributed by atoms with van der Waals surface area (Å²) in [6.07, 6.45) is 6.61. The number of likely N-dealkylation sites (tertiary alicyclic amines) is 1. The number of ether oxygens (including phenoxy) is 2. The number of nitrogens with zero attached hydrogens (tertiary/aromatic N) is 3. The van der Waals surface area contributed by atoms with Crippen molar-refractivity contribution in [3.63, 3.8) is 0 Å². The maximum Gasteiger partial charge on any atom is 0.254 e. The number of hydrogen-bond acceptors (Lipinski definition) is 4. The molecule has 0 aliphatic carbocycles. The zero-order chi connectivity index (χ0) is 16.4.